The lowest BCUT2D eigenvalue weighted by Gasteiger charge is -2.04. The highest BCUT2D eigenvalue weighted by Gasteiger charge is 2.12. The molecule has 1 aromatic carbocycles. The number of fused-ring (bicyclic) bond motifs is 1. The van der Waals surface area contributed by atoms with Crippen molar-refractivity contribution in [2.45, 2.75) is 13.5 Å². The molecule has 0 aliphatic heterocycles. The van der Waals surface area contributed by atoms with Gasteiger partial charge in [-0.25, -0.2) is 0 Å². The number of H-pyrrole nitrogens is 1. The maximum Gasteiger partial charge on any atom is 0.262 e. The van der Waals surface area contributed by atoms with Crippen LogP contribution in [0.1, 0.15) is 16.8 Å². The second-order valence-electron chi connectivity index (χ2n) is 5.42. The van der Waals surface area contributed by atoms with Crippen LogP contribution in [0.2, 0.25) is 0 Å². The monoisotopic (exact) mass is 316 g/mol. The zero-order chi connectivity index (χ0) is 16.9. The molecular weight excluding hydrogens is 300 g/mol. The van der Waals surface area contributed by atoms with Gasteiger partial charge in [-0.2, -0.15) is 5.26 Å². The van der Waals surface area contributed by atoms with Crippen LogP contribution in [0.15, 0.2) is 54.4 Å². The van der Waals surface area contributed by atoms with E-state index in [1.54, 1.807) is 24.5 Å². The first-order valence-corrected chi connectivity index (χ1v) is 7.55. The first-order chi connectivity index (χ1) is 11.7. The number of nitrogens with zero attached hydrogens (tertiary/aromatic N) is 2. The number of carbonyl (C=O) groups is 1. The maximum absolute atomic E-state index is 12.3. The molecule has 0 spiro atoms. The van der Waals surface area contributed by atoms with Crippen molar-refractivity contribution in [3.05, 3.63) is 71.2 Å². The molecular formula is C19H16N4O. The molecule has 2 N–H and O–H groups in total. The van der Waals surface area contributed by atoms with Gasteiger partial charge in [0.2, 0.25) is 0 Å². The molecule has 5 heteroatoms. The largest absolute Gasteiger partial charge is 0.358 e. The van der Waals surface area contributed by atoms with E-state index in [0.29, 0.717) is 6.54 Å². The van der Waals surface area contributed by atoms with Crippen LogP contribution in [0.4, 0.5) is 0 Å². The Labute approximate surface area is 139 Å². The van der Waals surface area contributed by atoms with Crippen molar-refractivity contribution in [3.8, 4) is 6.07 Å². The van der Waals surface area contributed by atoms with Crippen LogP contribution in [0.25, 0.3) is 17.0 Å². The highest BCUT2D eigenvalue weighted by Crippen LogP contribution is 2.24. The summed E-state index contributed by atoms with van der Waals surface area (Å²) in [5.74, 6) is -0.397. The molecule has 2 aromatic heterocycles. The Bertz CT molecular complexity index is 948. The molecule has 0 saturated heterocycles. The van der Waals surface area contributed by atoms with E-state index in [2.05, 4.69) is 15.3 Å². The van der Waals surface area contributed by atoms with E-state index in [1.807, 2.05) is 43.3 Å². The zero-order valence-electron chi connectivity index (χ0n) is 13.2. The summed E-state index contributed by atoms with van der Waals surface area (Å²) in [5.41, 5.74) is 3.72. The molecule has 0 saturated carbocycles. The van der Waals surface area contributed by atoms with Gasteiger partial charge in [0, 0.05) is 41.1 Å². The van der Waals surface area contributed by atoms with Crippen molar-refractivity contribution >= 4 is 22.9 Å². The van der Waals surface area contributed by atoms with E-state index < -0.39 is 5.91 Å². The second-order valence-corrected chi connectivity index (χ2v) is 5.42. The predicted molar refractivity (Wildman–Crippen MR) is 92.7 cm³/mol. The minimum Gasteiger partial charge on any atom is -0.358 e. The number of rotatable bonds is 4. The molecule has 0 unspecified atom stereocenters. The molecule has 24 heavy (non-hydrogen) atoms. The SMILES string of the molecule is Cc1[nH]c2ccccc2c1/C=C(/C#N)C(=O)NCc1cccnc1. The zero-order valence-corrected chi connectivity index (χ0v) is 13.2. The van der Waals surface area contributed by atoms with E-state index in [4.69, 9.17) is 0 Å². The van der Waals surface area contributed by atoms with Crippen molar-refractivity contribution in [1.29, 1.82) is 5.26 Å². The van der Waals surface area contributed by atoms with Crippen LogP contribution in [-0.4, -0.2) is 15.9 Å². The maximum atomic E-state index is 12.3. The number of aryl methyl sites for hydroxylation is 1. The number of benzene rings is 1. The molecule has 3 aromatic rings. The minimum absolute atomic E-state index is 0.0757. The third-order valence-electron chi connectivity index (χ3n) is 3.77. The van der Waals surface area contributed by atoms with Gasteiger partial charge in [-0.3, -0.25) is 9.78 Å². The molecule has 3 rings (SSSR count). The summed E-state index contributed by atoms with van der Waals surface area (Å²) < 4.78 is 0. The summed E-state index contributed by atoms with van der Waals surface area (Å²) >= 11 is 0. The molecule has 0 radical (unpaired) electrons. The van der Waals surface area contributed by atoms with E-state index >= 15 is 0 Å². The Morgan fingerprint density at radius 3 is 2.92 bits per heavy atom. The molecule has 0 atom stereocenters. The summed E-state index contributed by atoms with van der Waals surface area (Å²) in [6.07, 6.45) is 4.98. The predicted octanol–water partition coefficient (Wildman–Crippen LogP) is 3.09. The first kappa shape index (κ1) is 15.5. The number of aromatic amines is 1. The Hall–Kier alpha value is -3.39. The number of hydrogen-bond acceptors (Lipinski definition) is 3. The van der Waals surface area contributed by atoms with Gasteiger partial charge in [-0.1, -0.05) is 24.3 Å². The van der Waals surface area contributed by atoms with Gasteiger partial charge in [0.1, 0.15) is 11.6 Å². The Morgan fingerprint density at radius 2 is 2.17 bits per heavy atom. The van der Waals surface area contributed by atoms with Crippen molar-refractivity contribution in [1.82, 2.24) is 15.3 Å². The number of hydrogen-bond donors (Lipinski definition) is 2. The lowest BCUT2D eigenvalue weighted by Crippen LogP contribution is -2.24. The fourth-order valence-corrected chi connectivity index (χ4v) is 2.56. The Balaban J connectivity index is 1.85. The molecule has 0 fully saturated rings. The third-order valence-corrected chi connectivity index (χ3v) is 3.77. The average Bonchev–Trinajstić information content (AvgIpc) is 2.93. The quantitative estimate of drug-likeness (QED) is 0.573. The molecule has 2 heterocycles. The topological polar surface area (TPSA) is 81.6 Å². The molecule has 118 valence electrons. The summed E-state index contributed by atoms with van der Waals surface area (Å²) in [6.45, 7) is 2.26. The minimum atomic E-state index is -0.397. The summed E-state index contributed by atoms with van der Waals surface area (Å²) in [7, 11) is 0. The number of pyridine rings is 1. The van der Waals surface area contributed by atoms with Crippen molar-refractivity contribution in [3.63, 3.8) is 0 Å². The number of nitrogens with one attached hydrogen (secondary N) is 2. The van der Waals surface area contributed by atoms with Crippen molar-refractivity contribution in [2.24, 2.45) is 0 Å². The first-order valence-electron chi connectivity index (χ1n) is 7.55. The Morgan fingerprint density at radius 1 is 1.33 bits per heavy atom. The highest BCUT2D eigenvalue weighted by molar-refractivity contribution is 6.04. The Kier molecular flexibility index (Phi) is 4.39. The molecule has 1 amide bonds. The molecule has 5 nitrogen and oxygen atoms in total. The lowest BCUT2D eigenvalue weighted by atomic mass is 10.1. The van der Waals surface area contributed by atoms with E-state index in [1.165, 1.54) is 0 Å². The smallest absolute Gasteiger partial charge is 0.262 e. The van der Waals surface area contributed by atoms with E-state index in [-0.39, 0.29) is 5.57 Å². The number of para-hydroxylation sites is 1. The number of amides is 1. The van der Waals surface area contributed by atoms with Gasteiger partial charge >= 0.3 is 0 Å². The van der Waals surface area contributed by atoms with E-state index in [0.717, 1.165) is 27.7 Å². The van der Waals surface area contributed by atoms with Crippen LogP contribution in [0.5, 0.6) is 0 Å². The van der Waals surface area contributed by atoms with Gasteiger partial charge in [-0.15, -0.1) is 0 Å². The summed E-state index contributed by atoms with van der Waals surface area (Å²) in [6, 6.07) is 13.5. The number of nitriles is 1. The molecule has 0 bridgehead atoms. The fraction of sp³-hybridized carbons (Fsp3) is 0.105. The van der Waals surface area contributed by atoms with Crippen LogP contribution in [0.3, 0.4) is 0 Å². The van der Waals surface area contributed by atoms with Crippen molar-refractivity contribution in [2.75, 3.05) is 0 Å². The summed E-state index contributed by atoms with van der Waals surface area (Å²) in [4.78, 5) is 19.5. The van der Waals surface area contributed by atoms with Crippen LogP contribution >= 0.6 is 0 Å². The summed E-state index contributed by atoms with van der Waals surface area (Å²) in [5, 5.41) is 13.1. The van der Waals surface area contributed by atoms with Crippen LogP contribution < -0.4 is 5.32 Å². The standard InChI is InChI=1S/C19H16N4O/c1-13-17(16-6-2-3-7-18(16)23-13)9-15(10-20)19(24)22-12-14-5-4-8-21-11-14/h2-9,11,23H,12H2,1H3,(H,22,24)/b15-9-. The van der Waals surface area contributed by atoms with Crippen molar-refractivity contribution < 1.29 is 4.79 Å². The number of carbonyl (C=O) groups excluding carboxylic acids is 1. The van der Waals surface area contributed by atoms with Gasteiger partial charge < -0.3 is 10.3 Å². The molecule has 0 aliphatic carbocycles. The molecule has 0 aliphatic rings. The fourth-order valence-electron chi connectivity index (χ4n) is 2.56. The highest BCUT2D eigenvalue weighted by atomic mass is 16.1. The normalized spacial score (nSPS) is 11.2. The van der Waals surface area contributed by atoms with Crippen LogP contribution in [-0.2, 0) is 11.3 Å². The average molecular weight is 316 g/mol. The van der Waals surface area contributed by atoms with E-state index in [9.17, 15) is 10.1 Å². The second kappa shape index (κ2) is 6.80. The number of aromatic nitrogens is 2. The van der Waals surface area contributed by atoms with Gasteiger partial charge in [0.25, 0.3) is 5.91 Å². The third kappa shape index (κ3) is 3.18. The van der Waals surface area contributed by atoms with Gasteiger partial charge in [0.05, 0.1) is 0 Å². The van der Waals surface area contributed by atoms with Gasteiger partial charge in [-0.05, 0) is 30.7 Å². The lowest BCUT2D eigenvalue weighted by molar-refractivity contribution is -0.117. The van der Waals surface area contributed by atoms with Crippen LogP contribution in [0, 0.1) is 18.3 Å². The van der Waals surface area contributed by atoms with Gasteiger partial charge in [0.15, 0.2) is 0 Å².